The lowest BCUT2D eigenvalue weighted by molar-refractivity contribution is -0.161. The Morgan fingerprint density at radius 1 is 1.25 bits per heavy atom. The third-order valence-corrected chi connectivity index (χ3v) is 1.31. The van der Waals surface area contributed by atoms with E-state index in [2.05, 4.69) is 25.2 Å². The molecule has 0 saturated heterocycles. The Bertz CT molecular complexity index is 305. The van der Waals surface area contributed by atoms with E-state index in [9.17, 15) is 9.59 Å². The van der Waals surface area contributed by atoms with Crippen molar-refractivity contribution in [3.63, 3.8) is 0 Å². The van der Waals surface area contributed by atoms with Gasteiger partial charge < -0.3 is 14.9 Å². The molecule has 116 valence electrons. The van der Waals surface area contributed by atoms with Crippen LogP contribution in [-0.2, 0) is 14.3 Å². The van der Waals surface area contributed by atoms with Crippen molar-refractivity contribution in [2.24, 2.45) is 0 Å². The average molecular weight is 286 g/mol. The fourth-order valence-corrected chi connectivity index (χ4v) is 0.515. The minimum Gasteiger partial charge on any atom is -0.478 e. The van der Waals surface area contributed by atoms with Gasteiger partial charge in [0.1, 0.15) is 0 Å². The molecule has 0 aromatic rings. The monoisotopic (exact) mass is 286 g/mol. The smallest absolute Gasteiger partial charge is 0.332 e. The molecule has 0 saturated carbocycles. The molecule has 0 aliphatic rings. The van der Waals surface area contributed by atoms with Crippen molar-refractivity contribution < 1.29 is 24.5 Å². The van der Waals surface area contributed by atoms with E-state index in [0.29, 0.717) is 6.42 Å². The zero-order valence-corrected chi connectivity index (χ0v) is 12.7. The van der Waals surface area contributed by atoms with E-state index in [4.69, 9.17) is 10.2 Å². The van der Waals surface area contributed by atoms with Crippen LogP contribution in [0.5, 0.6) is 0 Å². The minimum atomic E-state index is -0.990. The average Bonchev–Trinajstić information content (AvgIpc) is 2.40. The highest BCUT2D eigenvalue weighted by molar-refractivity contribution is 5.81. The molecule has 0 rings (SSSR count). The summed E-state index contributed by atoms with van der Waals surface area (Å²) in [6.45, 7) is 10.9. The molecule has 0 aromatic heterocycles. The van der Waals surface area contributed by atoms with Crippen LogP contribution in [0.4, 0.5) is 0 Å². The van der Waals surface area contributed by atoms with E-state index in [0.717, 1.165) is 12.2 Å². The second-order valence-corrected chi connectivity index (χ2v) is 3.43. The van der Waals surface area contributed by atoms with Crippen molar-refractivity contribution in [3.8, 4) is 0 Å². The lowest BCUT2D eigenvalue weighted by Gasteiger charge is -2.05. The van der Waals surface area contributed by atoms with E-state index < -0.39 is 18.2 Å². The van der Waals surface area contributed by atoms with Crippen molar-refractivity contribution >= 4 is 11.9 Å². The number of carbonyl (C=O) groups is 2. The number of hydrogen-bond donors (Lipinski definition) is 2. The van der Waals surface area contributed by atoms with Crippen molar-refractivity contribution in [1.29, 1.82) is 0 Å². The van der Waals surface area contributed by atoms with Crippen molar-refractivity contribution in [2.75, 3.05) is 0 Å². The summed E-state index contributed by atoms with van der Waals surface area (Å²) in [5.74, 6) is -1.51. The van der Waals surface area contributed by atoms with Gasteiger partial charge in [0.15, 0.2) is 0 Å². The maximum atomic E-state index is 10.3. The second kappa shape index (κ2) is 19.5. The topological polar surface area (TPSA) is 83.8 Å². The fourth-order valence-electron chi connectivity index (χ4n) is 0.515. The molecule has 20 heavy (non-hydrogen) atoms. The number of carboxylic acid groups (broad SMARTS) is 1. The molecule has 5 nitrogen and oxygen atoms in total. The van der Waals surface area contributed by atoms with Crippen LogP contribution in [0.2, 0.25) is 0 Å². The fraction of sp³-hybridized carbons (Fsp3) is 0.467. The molecule has 0 aromatic carbocycles. The highest BCUT2D eigenvalue weighted by Gasteiger charge is 2.02. The number of aliphatic hydroxyl groups is 1. The first-order valence-electron chi connectivity index (χ1n) is 6.42. The van der Waals surface area contributed by atoms with Gasteiger partial charge in [-0.2, -0.15) is 0 Å². The van der Waals surface area contributed by atoms with Gasteiger partial charge in [-0.15, -0.1) is 0 Å². The van der Waals surface area contributed by atoms with Crippen LogP contribution in [0, 0.1) is 0 Å². The first-order valence-corrected chi connectivity index (χ1v) is 6.42. The van der Waals surface area contributed by atoms with Gasteiger partial charge in [-0.05, 0) is 6.92 Å². The van der Waals surface area contributed by atoms with E-state index in [-0.39, 0.29) is 0 Å². The summed E-state index contributed by atoms with van der Waals surface area (Å²) in [5, 5.41) is 16.7. The minimum absolute atomic E-state index is 0.402. The quantitative estimate of drug-likeness (QED) is 0.351. The van der Waals surface area contributed by atoms with Crippen molar-refractivity contribution in [1.82, 2.24) is 0 Å². The molecule has 0 spiro atoms. The standard InChI is InChI=1S/C6H10O3.C6H8O2.C3H8/c1-3-5(7)9-6(8)4-2;1-2-3-4-5-6(7)8;1-3-2/h3,6,8H,1,4H2,2H3;2-5H,1H3,(H,7,8);3H2,1-2H3/b;3-2+,5-4+;. The summed E-state index contributed by atoms with van der Waals surface area (Å²) in [7, 11) is 0. The highest BCUT2D eigenvalue weighted by Crippen LogP contribution is 1.92. The number of carbonyl (C=O) groups excluding carboxylic acids is 1. The Kier molecular flexibility index (Phi) is 22.6. The van der Waals surface area contributed by atoms with Crippen LogP contribution in [0.3, 0.4) is 0 Å². The van der Waals surface area contributed by atoms with E-state index >= 15 is 0 Å². The van der Waals surface area contributed by atoms with E-state index in [1.165, 1.54) is 12.5 Å². The van der Waals surface area contributed by atoms with Crippen molar-refractivity contribution in [2.45, 2.75) is 46.8 Å². The van der Waals surface area contributed by atoms with Crippen LogP contribution in [0.1, 0.15) is 40.5 Å². The zero-order valence-electron chi connectivity index (χ0n) is 12.7. The van der Waals surface area contributed by atoms with Gasteiger partial charge in [0.2, 0.25) is 6.29 Å². The summed E-state index contributed by atoms with van der Waals surface area (Å²) in [5.41, 5.74) is 0. The lowest BCUT2D eigenvalue weighted by Crippen LogP contribution is -2.14. The van der Waals surface area contributed by atoms with Gasteiger partial charge in [-0.3, -0.25) is 0 Å². The molecule has 0 bridgehead atoms. The largest absolute Gasteiger partial charge is 0.478 e. The molecule has 0 fully saturated rings. The van der Waals surface area contributed by atoms with Gasteiger partial charge in [-0.1, -0.05) is 52.0 Å². The number of ether oxygens (including phenoxy) is 1. The number of carboxylic acids is 1. The third-order valence-electron chi connectivity index (χ3n) is 1.31. The second-order valence-electron chi connectivity index (χ2n) is 3.43. The molecule has 5 heteroatoms. The van der Waals surface area contributed by atoms with E-state index in [1.54, 1.807) is 19.1 Å². The van der Waals surface area contributed by atoms with Gasteiger partial charge >= 0.3 is 11.9 Å². The molecule has 2 N–H and O–H groups in total. The van der Waals surface area contributed by atoms with Gasteiger partial charge in [0.25, 0.3) is 0 Å². The molecule has 0 heterocycles. The summed E-state index contributed by atoms with van der Waals surface area (Å²) in [6, 6.07) is 0. The Morgan fingerprint density at radius 2 is 1.75 bits per heavy atom. The summed E-state index contributed by atoms with van der Waals surface area (Å²) in [6.07, 6.45) is 7.66. The molecule has 0 aliphatic heterocycles. The first kappa shape index (κ1) is 23.2. The highest BCUT2D eigenvalue weighted by atomic mass is 16.6. The molecule has 0 radical (unpaired) electrons. The number of aliphatic carboxylic acids is 1. The Labute approximate surface area is 121 Å². The predicted molar refractivity (Wildman–Crippen MR) is 80.1 cm³/mol. The van der Waals surface area contributed by atoms with Crippen LogP contribution in [-0.4, -0.2) is 28.4 Å². The third kappa shape index (κ3) is 29.8. The normalized spacial score (nSPS) is 10.8. The first-order chi connectivity index (χ1) is 9.39. The van der Waals surface area contributed by atoms with Crippen LogP contribution < -0.4 is 0 Å². The maximum Gasteiger partial charge on any atom is 0.332 e. The van der Waals surface area contributed by atoms with Gasteiger partial charge in [0.05, 0.1) is 0 Å². The Morgan fingerprint density at radius 3 is 2.05 bits per heavy atom. The molecular weight excluding hydrogens is 260 g/mol. The van der Waals surface area contributed by atoms with Crippen LogP contribution in [0.25, 0.3) is 0 Å². The molecule has 1 atom stereocenters. The number of esters is 1. The molecule has 1 unspecified atom stereocenters. The van der Waals surface area contributed by atoms with Crippen LogP contribution >= 0.6 is 0 Å². The van der Waals surface area contributed by atoms with Gasteiger partial charge in [-0.25, -0.2) is 9.59 Å². The Hall–Kier alpha value is -1.88. The zero-order chi connectivity index (χ0) is 16.4. The van der Waals surface area contributed by atoms with Crippen LogP contribution in [0.15, 0.2) is 37.0 Å². The predicted octanol–water partition coefficient (Wildman–Crippen LogP) is 3.06. The van der Waals surface area contributed by atoms with Gasteiger partial charge in [0, 0.05) is 18.6 Å². The Balaban J connectivity index is -0.000000243. The molecule has 0 amide bonds. The summed E-state index contributed by atoms with van der Waals surface area (Å²) >= 11 is 0. The maximum absolute atomic E-state index is 10.3. The van der Waals surface area contributed by atoms with E-state index in [1.807, 2.05) is 6.92 Å². The number of allylic oxidation sites excluding steroid dienone is 3. The summed E-state index contributed by atoms with van der Waals surface area (Å²) in [4.78, 5) is 20.0. The number of aliphatic hydroxyl groups excluding tert-OH is 1. The number of hydrogen-bond acceptors (Lipinski definition) is 4. The lowest BCUT2D eigenvalue weighted by atomic mass is 10.4. The molecular formula is C15H26O5. The number of rotatable bonds is 5. The van der Waals surface area contributed by atoms with Crippen molar-refractivity contribution in [3.05, 3.63) is 37.0 Å². The summed E-state index contributed by atoms with van der Waals surface area (Å²) < 4.78 is 4.35. The molecule has 0 aliphatic carbocycles. The SMILES string of the molecule is C/C=C/C=C/C(=O)O.C=CC(=O)OC(O)CC.CCC.